The largest absolute Gasteiger partial charge is 0.301 e. The number of nitrogens with zero attached hydrogens (tertiary/aromatic N) is 4. The molecule has 0 aliphatic carbocycles. The van der Waals surface area contributed by atoms with Crippen LogP contribution in [0.2, 0.25) is 0 Å². The van der Waals surface area contributed by atoms with E-state index in [9.17, 15) is 14.9 Å². The van der Waals surface area contributed by atoms with Gasteiger partial charge < -0.3 is 10.3 Å². The van der Waals surface area contributed by atoms with Crippen LogP contribution in [0.15, 0.2) is 52.7 Å². The Morgan fingerprint density at radius 3 is 2.83 bits per heavy atom. The maximum Gasteiger partial charge on any atom is 0.270 e. The number of rotatable bonds is 5. The second-order valence-electron chi connectivity index (χ2n) is 6.27. The van der Waals surface area contributed by atoms with Crippen molar-refractivity contribution in [3.05, 3.63) is 64.2 Å². The third-order valence-electron chi connectivity index (χ3n) is 4.09. The van der Waals surface area contributed by atoms with Crippen molar-refractivity contribution in [3.8, 4) is 17.3 Å². The molecule has 1 amide bonds. The zero-order valence-corrected chi connectivity index (χ0v) is 17.3. The summed E-state index contributed by atoms with van der Waals surface area (Å²) in [7, 11) is 0. The van der Waals surface area contributed by atoms with Gasteiger partial charge in [0.25, 0.3) is 5.56 Å². The number of carbonyl (C=O) groups is 1. The number of thioether (sulfide) groups is 1. The molecule has 1 aromatic carbocycles. The lowest BCUT2D eigenvalue weighted by Crippen LogP contribution is -2.17. The summed E-state index contributed by atoms with van der Waals surface area (Å²) >= 11 is 2.47. The number of amides is 1. The Morgan fingerprint density at radius 1 is 1.27 bits per heavy atom. The van der Waals surface area contributed by atoms with Gasteiger partial charge in [-0.25, -0.2) is 9.97 Å². The van der Waals surface area contributed by atoms with Crippen LogP contribution in [-0.2, 0) is 4.79 Å². The van der Waals surface area contributed by atoms with Crippen LogP contribution >= 0.6 is 23.1 Å². The highest BCUT2D eigenvalue weighted by Crippen LogP contribution is 2.27. The molecule has 2 N–H and O–H groups in total. The summed E-state index contributed by atoms with van der Waals surface area (Å²) < 4.78 is 0.998. The number of nitrogens with one attached hydrogen (secondary N) is 2. The minimum atomic E-state index is -0.552. The summed E-state index contributed by atoms with van der Waals surface area (Å²) in [5, 5.41) is 12.8. The molecule has 0 aliphatic heterocycles. The van der Waals surface area contributed by atoms with E-state index in [0.717, 1.165) is 27.5 Å². The molecule has 0 fully saturated rings. The number of benzene rings is 1. The lowest BCUT2D eigenvalue weighted by atomic mass is 10.1. The number of anilines is 1. The van der Waals surface area contributed by atoms with Crippen LogP contribution in [0.4, 0.5) is 5.13 Å². The molecule has 148 valence electrons. The Morgan fingerprint density at radius 2 is 2.07 bits per heavy atom. The van der Waals surface area contributed by atoms with E-state index in [-0.39, 0.29) is 28.1 Å². The number of thiazole rings is 1. The van der Waals surface area contributed by atoms with E-state index in [2.05, 4.69) is 25.3 Å². The molecule has 3 heterocycles. The summed E-state index contributed by atoms with van der Waals surface area (Å²) in [6, 6.07) is 11.1. The quantitative estimate of drug-likeness (QED) is 0.364. The molecule has 4 aromatic rings. The average molecular weight is 435 g/mol. The fourth-order valence-electron chi connectivity index (χ4n) is 2.72. The van der Waals surface area contributed by atoms with Crippen molar-refractivity contribution >= 4 is 44.4 Å². The van der Waals surface area contributed by atoms with Crippen LogP contribution in [0, 0.1) is 18.3 Å². The van der Waals surface area contributed by atoms with Crippen molar-refractivity contribution in [2.75, 3.05) is 11.1 Å². The molecule has 0 atom stereocenters. The van der Waals surface area contributed by atoms with Crippen LogP contribution in [0.1, 0.15) is 11.1 Å². The molecule has 3 aromatic heterocycles. The summed E-state index contributed by atoms with van der Waals surface area (Å²) in [5.74, 6) is -0.243. The highest BCUT2D eigenvalue weighted by molar-refractivity contribution is 7.99. The molecule has 8 nitrogen and oxygen atoms in total. The standard InChI is InChI=1S/C20H14N6O2S2/c1-11-2-3-14-15(8-11)30-20(23-14)24-16(27)10-29-19-25-17(12-4-6-22-7-5-12)13(9-21)18(28)26-19/h2-8H,10H2,1H3,(H,23,24,27)(H,25,26,28). The van der Waals surface area contributed by atoms with Gasteiger partial charge in [0.2, 0.25) is 5.91 Å². The number of hydrogen-bond donors (Lipinski definition) is 2. The van der Waals surface area contributed by atoms with Gasteiger partial charge >= 0.3 is 0 Å². The summed E-state index contributed by atoms with van der Waals surface area (Å²) in [6.45, 7) is 2.00. The fourth-order valence-corrected chi connectivity index (χ4v) is 4.36. The molecule has 10 heteroatoms. The Bertz CT molecular complexity index is 1340. The minimum absolute atomic E-state index is 0.0274. The zero-order chi connectivity index (χ0) is 21.1. The minimum Gasteiger partial charge on any atom is -0.301 e. The molecule has 0 aliphatic rings. The Hall–Kier alpha value is -3.55. The third kappa shape index (κ3) is 4.22. The van der Waals surface area contributed by atoms with Crippen molar-refractivity contribution in [3.63, 3.8) is 0 Å². The predicted molar refractivity (Wildman–Crippen MR) is 117 cm³/mol. The maximum atomic E-state index is 12.3. The predicted octanol–water partition coefficient (Wildman–Crippen LogP) is 3.35. The van der Waals surface area contributed by atoms with Gasteiger partial charge in [0.15, 0.2) is 10.3 Å². The first kappa shape index (κ1) is 19.8. The summed E-state index contributed by atoms with van der Waals surface area (Å²) in [6.07, 6.45) is 3.11. The molecule has 0 radical (unpaired) electrons. The topological polar surface area (TPSA) is 124 Å². The SMILES string of the molecule is Cc1ccc2nc(NC(=O)CSc3nc(-c4ccncc4)c(C#N)c(=O)[nH]3)sc2c1. The van der Waals surface area contributed by atoms with Gasteiger partial charge in [-0.1, -0.05) is 29.2 Å². The number of nitriles is 1. The first-order chi connectivity index (χ1) is 14.5. The van der Waals surface area contributed by atoms with Gasteiger partial charge in [0.05, 0.1) is 21.7 Å². The first-order valence-electron chi connectivity index (χ1n) is 8.78. The third-order valence-corrected chi connectivity index (χ3v) is 5.90. The molecular formula is C20H14N6O2S2. The average Bonchev–Trinajstić information content (AvgIpc) is 3.13. The molecule has 0 spiro atoms. The van der Waals surface area contributed by atoms with E-state index in [1.54, 1.807) is 24.5 Å². The highest BCUT2D eigenvalue weighted by Gasteiger charge is 2.15. The molecule has 30 heavy (non-hydrogen) atoms. The lowest BCUT2D eigenvalue weighted by molar-refractivity contribution is -0.113. The van der Waals surface area contributed by atoms with E-state index < -0.39 is 5.56 Å². The Kier molecular flexibility index (Phi) is 5.56. The van der Waals surface area contributed by atoms with Crippen LogP contribution in [-0.4, -0.2) is 31.6 Å². The number of pyridine rings is 1. The summed E-state index contributed by atoms with van der Waals surface area (Å²) in [4.78, 5) is 39.9. The van der Waals surface area contributed by atoms with Gasteiger partial charge in [-0.3, -0.25) is 14.6 Å². The van der Waals surface area contributed by atoms with Crippen molar-refractivity contribution in [1.29, 1.82) is 5.26 Å². The zero-order valence-electron chi connectivity index (χ0n) is 15.7. The van der Waals surface area contributed by atoms with Crippen LogP contribution in [0.25, 0.3) is 21.5 Å². The molecule has 0 saturated heterocycles. The Labute approximate surface area is 179 Å². The van der Waals surface area contributed by atoms with Gasteiger partial charge in [0, 0.05) is 18.0 Å². The van der Waals surface area contributed by atoms with Crippen LogP contribution in [0.3, 0.4) is 0 Å². The van der Waals surface area contributed by atoms with E-state index >= 15 is 0 Å². The maximum absolute atomic E-state index is 12.3. The molecule has 0 bridgehead atoms. The molecule has 0 unspecified atom stereocenters. The van der Waals surface area contributed by atoms with Crippen molar-refractivity contribution in [2.45, 2.75) is 12.1 Å². The van der Waals surface area contributed by atoms with E-state index in [1.807, 2.05) is 31.2 Å². The van der Waals surface area contributed by atoms with Gasteiger partial charge in [-0.2, -0.15) is 5.26 Å². The van der Waals surface area contributed by atoms with Crippen LogP contribution < -0.4 is 10.9 Å². The second-order valence-corrected chi connectivity index (χ2v) is 8.26. The van der Waals surface area contributed by atoms with E-state index in [1.165, 1.54) is 11.3 Å². The summed E-state index contributed by atoms with van der Waals surface area (Å²) in [5.41, 5.74) is 2.18. The molecular weight excluding hydrogens is 420 g/mol. The molecule has 0 saturated carbocycles. The lowest BCUT2D eigenvalue weighted by Gasteiger charge is -2.06. The normalized spacial score (nSPS) is 10.7. The fraction of sp³-hybridized carbons (Fsp3) is 0.100. The number of aromatic nitrogens is 4. The highest BCUT2D eigenvalue weighted by atomic mass is 32.2. The first-order valence-corrected chi connectivity index (χ1v) is 10.6. The Balaban J connectivity index is 1.50. The number of aromatic amines is 1. The number of fused-ring (bicyclic) bond motifs is 1. The van der Waals surface area contributed by atoms with Gasteiger partial charge in [-0.15, -0.1) is 0 Å². The van der Waals surface area contributed by atoms with Crippen molar-refractivity contribution in [1.82, 2.24) is 19.9 Å². The van der Waals surface area contributed by atoms with Crippen molar-refractivity contribution in [2.24, 2.45) is 0 Å². The van der Waals surface area contributed by atoms with Crippen LogP contribution in [0.5, 0.6) is 0 Å². The van der Waals surface area contributed by atoms with E-state index in [4.69, 9.17) is 0 Å². The van der Waals surface area contributed by atoms with Gasteiger partial charge in [0.1, 0.15) is 11.6 Å². The molecule has 4 rings (SSSR count). The number of aryl methyl sites for hydroxylation is 1. The number of hydrogen-bond acceptors (Lipinski definition) is 8. The smallest absolute Gasteiger partial charge is 0.270 e. The number of H-pyrrole nitrogens is 1. The van der Waals surface area contributed by atoms with Gasteiger partial charge in [-0.05, 0) is 36.8 Å². The van der Waals surface area contributed by atoms with E-state index in [0.29, 0.717) is 10.7 Å². The number of carbonyl (C=O) groups excluding carboxylic acids is 1. The monoisotopic (exact) mass is 434 g/mol. The van der Waals surface area contributed by atoms with Crippen molar-refractivity contribution < 1.29 is 4.79 Å². The second kappa shape index (κ2) is 8.44.